The molecule has 0 bridgehead atoms. The maximum Gasteiger partial charge on any atom is 0.0433 e. The predicted molar refractivity (Wildman–Crippen MR) is 86.5 cm³/mol. The van der Waals surface area contributed by atoms with Crippen molar-refractivity contribution in [1.29, 1.82) is 0 Å². The normalized spacial score (nSPS) is 14.6. The molecular weight excluding hydrogens is 249 g/mol. The van der Waals surface area contributed by atoms with Gasteiger partial charge in [0, 0.05) is 5.28 Å². The van der Waals surface area contributed by atoms with Crippen molar-refractivity contribution in [2.24, 2.45) is 11.7 Å². The summed E-state index contributed by atoms with van der Waals surface area (Å²) in [6.45, 7) is 6.60. The van der Waals surface area contributed by atoms with E-state index in [1.165, 1.54) is 10.6 Å². The van der Waals surface area contributed by atoms with Crippen molar-refractivity contribution in [1.82, 2.24) is 0 Å². The Kier molecular flexibility index (Phi) is 4.39. The molecule has 0 aliphatic carbocycles. The molecule has 0 aliphatic rings. The molecule has 1 nitrogen and oxygen atoms in total. The van der Waals surface area contributed by atoms with Gasteiger partial charge in [-0.3, -0.25) is 0 Å². The van der Waals surface area contributed by atoms with Gasteiger partial charge in [0.2, 0.25) is 0 Å². The standard InChI is InChI=1S/C17H22NP/c1-14(2)17(3,18)19(15-10-6-4-7-11-15)16-12-8-5-9-13-16/h4-14H,18H2,1-3H3/t17-/m0/s1. The summed E-state index contributed by atoms with van der Waals surface area (Å²) < 4.78 is 0. The average Bonchev–Trinajstić information content (AvgIpc) is 2.41. The summed E-state index contributed by atoms with van der Waals surface area (Å²) in [5.41, 5.74) is 6.70. The fraction of sp³-hybridized carbons (Fsp3) is 0.294. The van der Waals surface area contributed by atoms with E-state index < -0.39 is 7.92 Å². The number of hydrogen-bond acceptors (Lipinski definition) is 1. The zero-order valence-corrected chi connectivity index (χ0v) is 12.8. The summed E-state index contributed by atoms with van der Waals surface area (Å²) in [5, 5.41) is 2.49. The summed E-state index contributed by atoms with van der Waals surface area (Å²) in [5.74, 6) is 0.430. The Balaban J connectivity index is 2.52. The summed E-state index contributed by atoms with van der Waals surface area (Å²) in [6, 6.07) is 21.3. The molecular formula is C17H22NP. The number of benzene rings is 2. The highest BCUT2D eigenvalue weighted by atomic mass is 31.1. The van der Waals surface area contributed by atoms with Crippen molar-refractivity contribution in [2.75, 3.05) is 0 Å². The Labute approximate surface area is 117 Å². The zero-order chi connectivity index (χ0) is 13.9. The second-order valence-electron chi connectivity index (χ2n) is 5.39. The summed E-state index contributed by atoms with van der Waals surface area (Å²) >= 11 is 0. The molecule has 2 rings (SSSR count). The molecule has 2 aromatic carbocycles. The van der Waals surface area contributed by atoms with Gasteiger partial charge in [0.25, 0.3) is 0 Å². The smallest absolute Gasteiger partial charge is 0.0433 e. The fourth-order valence-corrected chi connectivity index (χ4v) is 4.99. The lowest BCUT2D eigenvalue weighted by molar-refractivity contribution is 0.477. The average molecular weight is 271 g/mol. The Bertz CT molecular complexity index is 466. The fourth-order valence-electron chi connectivity index (χ4n) is 2.12. The van der Waals surface area contributed by atoms with Crippen LogP contribution in [0.5, 0.6) is 0 Å². The van der Waals surface area contributed by atoms with Crippen LogP contribution in [-0.2, 0) is 0 Å². The van der Waals surface area contributed by atoms with Crippen molar-refractivity contribution in [2.45, 2.75) is 26.1 Å². The van der Waals surface area contributed by atoms with E-state index in [-0.39, 0.29) is 5.28 Å². The maximum absolute atomic E-state index is 6.70. The minimum absolute atomic E-state index is 0.210. The SMILES string of the molecule is CC(C)[C@@](C)(N)P(c1ccccc1)c1ccccc1. The number of nitrogens with two attached hydrogens (primary N) is 1. The first kappa shape index (κ1) is 14.2. The minimum Gasteiger partial charge on any atom is -0.321 e. The van der Waals surface area contributed by atoms with Crippen molar-refractivity contribution in [3.8, 4) is 0 Å². The molecule has 19 heavy (non-hydrogen) atoms. The van der Waals surface area contributed by atoms with E-state index in [9.17, 15) is 0 Å². The van der Waals surface area contributed by atoms with Crippen LogP contribution in [0.4, 0.5) is 0 Å². The van der Waals surface area contributed by atoms with Crippen LogP contribution in [0.1, 0.15) is 20.8 Å². The van der Waals surface area contributed by atoms with Crippen LogP contribution >= 0.6 is 7.92 Å². The van der Waals surface area contributed by atoms with Crippen LogP contribution < -0.4 is 16.3 Å². The Hall–Kier alpha value is -1.17. The highest BCUT2D eigenvalue weighted by Crippen LogP contribution is 2.48. The molecule has 100 valence electrons. The second kappa shape index (κ2) is 5.86. The van der Waals surface area contributed by atoms with E-state index in [0.29, 0.717) is 5.92 Å². The molecule has 2 heteroatoms. The molecule has 2 N–H and O–H groups in total. The molecule has 0 amide bonds. The van der Waals surface area contributed by atoms with E-state index in [0.717, 1.165) is 0 Å². The molecule has 2 aromatic rings. The predicted octanol–water partition coefficient (Wildman–Crippen LogP) is 3.45. The van der Waals surface area contributed by atoms with E-state index in [1.807, 2.05) is 0 Å². The lowest BCUT2D eigenvalue weighted by atomic mass is 10.1. The summed E-state index contributed by atoms with van der Waals surface area (Å²) in [7, 11) is -0.556. The molecule has 0 spiro atoms. The number of hydrogen-bond donors (Lipinski definition) is 1. The molecule has 0 radical (unpaired) electrons. The van der Waals surface area contributed by atoms with E-state index in [4.69, 9.17) is 5.73 Å². The monoisotopic (exact) mass is 271 g/mol. The van der Waals surface area contributed by atoms with Gasteiger partial charge in [-0.1, -0.05) is 74.5 Å². The quantitative estimate of drug-likeness (QED) is 0.847. The lowest BCUT2D eigenvalue weighted by Gasteiger charge is -2.38. The van der Waals surface area contributed by atoms with Gasteiger partial charge in [-0.25, -0.2) is 0 Å². The first-order chi connectivity index (χ1) is 9.03. The van der Waals surface area contributed by atoms with Crippen molar-refractivity contribution in [3.05, 3.63) is 60.7 Å². The molecule has 0 saturated carbocycles. The van der Waals surface area contributed by atoms with Crippen LogP contribution in [-0.4, -0.2) is 5.28 Å². The van der Waals surface area contributed by atoms with Crippen molar-refractivity contribution in [3.63, 3.8) is 0 Å². The van der Waals surface area contributed by atoms with Gasteiger partial charge in [0.05, 0.1) is 0 Å². The van der Waals surface area contributed by atoms with Crippen LogP contribution in [0.3, 0.4) is 0 Å². The maximum atomic E-state index is 6.70. The van der Waals surface area contributed by atoms with Crippen molar-refractivity contribution < 1.29 is 0 Å². The summed E-state index contributed by atoms with van der Waals surface area (Å²) in [4.78, 5) is 0. The van der Waals surface area contributed by atoms with Crippen molar-refractivity contribution >= 4 is 18.5 Å². The third kappa shape index (κ3) is 3.05. The third-order valence-electron chi connectivity index (χ3n) is 3.68. The molecule has 0 aliphatic heterocycles. The van der Waals surface area contributed by atoms with Gasteiger partial charge >= 0.3 is 0 Å². The van der Waals surface area contributed by atoms with Crippen LogP contribution in [0.2, 0.25) is 0 Å². The van der Waals surface area contributed by atoms with Gasteiger partial charge in [-0.15, -0.1) is 0 Å². The molecule has 0 aromatic heterocycles. The first-order valence-corrected chi connectivity index (χ1v) is 8.07. The highest BCUT2D eigenvalue weighted by molar-refractivity contribution is 7.74. The van der Waals surface area contributed by atoms with Gasteiger partial charge < -0.3 is 5.73 Å². The topological polar surface area (TPSA) is 26.0 Å². The zero-order valence-electron chi connectivity index (χ0n) is 11.9. The van der Waals surface area contributed by atoms with Crippen LogP contribution in [0.25, 0.3) is 0 Å². The Morgan fingerprint density at radius 1 is 0.842 bits per heavy atom. The molecule has 0 fully saturated rings. The van der Waals surface area contributed by atoms with E-state index in [2.05, 4.69) is 81.4 Å². The van der Waals surface area contributed by atoms with Crippen LogP contribution in [0.15, 0.2) is 60.7 Å². The van der Waals surface area contributed by atoms with Gasteiger partial charge in [0.15, 0.2) is 0 Å². The molecule has 0 unspecified atom stereocenters. The summed E-state index contributed by atoms with van der Waals surface area (Å²) in [6.07, 6.45) is 0. The van der Waals surface area contributed by atoms with Gasteiger partial charge in [0.1, 0.15) is 0 Å². The first-order valence-electron chi connectivity index (χ1n) is 6.72. The van der Waals surface area contributed by atoms with E-state index >= 15 is 0 Å². The Morgan fingerprint density at radius 2 is 1.21 bits per heavy atom. The third-order valence-corrected chi connectivity index (χ3v) is 6.79. The largest absolute Gasteiger partial charge is 0.321 e. The molecule has 1 atom stereocenters. The molecule has 0 heterocycles. The number of rotatable bonds is 4. The lowest BCUT2D eigenvalue weighted by Crippen LogP contribution is -2.45. The van der Waals surface area contributed by atoms with Crippen LogP contribution in [0, 0.1) is 5.92 Å². The highest BCUT2D eigenvalue weighted by Gasteiger charge is 2.35. The Morgan fingerprint density at radius 3 is 1.53 bits per heavy atom. The van der Waals surface area contributed by atoms with Gasteiger partial charge in [-0.2, -0.15) is 0 Å². The molecule has 0 saturated heterocycles. The minimum atomic E-state index is -0.556. The van der Waals surface area contributed by atoms with E-state index in [1.54, 1.807) is 0 Å². The van der Waals surface area contributed by atoms with Gasteiger partial charge in [-0.05, 0) is 31.4 Å². The second-order valence-corrected chi connectivity index (χ2v) is 8.05.